The Morgan fingerprint density at radius 2 is 1.82 bits per heavy atom. The van der Waals surface area contributed by atoms with Crippen LogP contribution in [0.25, 0.3) is 33.1 Å². The molecule has 1 fully saturated rings. The van der Waals surface area contributed by atoms with Crippen LogP contribution >= 0.6 is 0 Å². The van der Waals surface area contributed by atoms with E-state index in [1.165, 1.54) is 5.56 Å². The summed E-state index contributed by atoms with van der Waals surface area (Å²) in [6.45, 7) is 4.79. The van der Waals surface area contributed by atoms with Gasteiger partial charge in [0.2, 0.25) is 0 Å². The fourth-order valence-corrected chi connectivity index (χ4v) is 4.52. The third kappa shape index (κ3) is 3.92. The van der Waals surface area contributed by atoms with Crippen molar-refractivity contribution in [2.75, 3.05) is 43.4 Å². The SMILES string of the molecule is CN1CCN(c2cc(CNc3ncnc4ccc(-c5c[nH]c6ncccc56)cc34)ccn2)CC1. The van der Waals surface area contributed by atoms with Crippen molar-refractivity contribution in [3.63, 3.8) is 0 Å². The van der Waals surface area contributed by atoms with E-state index in [2.05, 4.69) is 77.4 Å². The van der Waals surface area contributed by atoms with Gasteiger partial charge in [-0.05, 0) is 54.6 Å². The number of nitrogens with one attached hydrogen (secondary N) is 2. The Hall–Kier alpha value is -4.04. The molecular formula is C26H26N8. The third-order valence-electron chi connectivity index (χ3n) is 6.49. The molecular weight excluding hydrogens is 424 g/mol. The summed E-state index contributed by atoms with van der Waals surface area (Å²) in [5, 5.41) is 5.62. The predicted molar refractivity (Wildman–Crippen MR) is 136 cm³/mol. The van der Waals surface area contributed by atoms with Crippen molar-refractivity contribution in [2.45, 2.75) is 6.54 Å². The number of hydrogen-bond acceptors (Lipinski definition) is 7. The molecule has 2 N–H and O–H groups in total. The first-order chi connectivity index (χ1) is 16.7. The Morgan fingerprint density at radius 1 is 0.912 bits per heavy atom. The molecule has 5 heterocycles. The molecule has 0 unspecified atom stereocenters. The van der Waals surface area contributed by atoms with Crippen LogP contribution in [0.4, 0.5) is 11.6 Å². The smallest absolute Gasteiger partial charge is 0.137 e. The molecule has 34 heavy (non-hydrogen) atoms. The number of rotatable bonds is 5. The highest BCUT2D eigenvalue weighted by Crippen LogP contribution is 2.31. The van der Waals surface area contributed by atoms with Crippen molar-refractivity contribution in [1.29, 1.82) is 0 Å². The van der Waals surface area contributed by atoms with Gasteiger partial charge in [0.05, 0.1) is 5.52 Å². The van der Waals surface area contributed by atoms with E-state index in [1.54, 1.807) is 12.5 Å². The van der Waals surface area contributed by atoms with E-state index in [-0.39, 0.29) is 0 Å². The molecule has 0 bridgehead atoms. The summed E-state index contributed by atoms with van der Waals surface area (Å²) in [6, 6.07) is 14.6. The zero-order valence-corrected chi connectivity index (χ0v) is 19.1. The minimum Gasteiger partial charge on any atom is -0.365 e. The molecule has 8 heteroatoms. The minimum absolute atomic E-state index is 0.663. The molecule has 6 rings (SSSR count). The number of benzene rings is 1. The van der Waals surface area contributed by atoms with Crippen LogP contribution in [0.2, 0.25) is 0 Å². The first-order valence-corrected chi connectivity index (χ1v) is 11.5. The standard InChI is InChI=1S/C26H26N8/c1-33-9-11-34(12-10-33)24-13-18(6-8-27-24)15-29-26-21-14-19(4-5-23(21)31-17-32-26)22-16-30-25-20(22)3-2-7-28-25/h2-8,13-14,16-17H,9-12,15H2,1H3,(H,28,30)(H,29,31,32). The third-order valence-corrected chi connectivity index (χ3v) is 6.49. The highest BCUT2D eigenvalue weighted by molar-refractivity contribution is 5.98. The zero-order valence-electron chi connectivity index (χ0n) is 19.1. The summed E-state index contributed by atoms with van der Waals surface area (Å²) in [4.78, 5) is 26.0. The molecule has 0 aliphatic carbocycles. The van der Waals surface area contributed by atoms with Gasteiger partial charge in [-0.3, -0.25) is 0 Å². The Balaban J connectivity index is 1.27. The van der Waals surface area contributed by atoms with Crippen LogP contribution in [0.15, 0.2) is 67.4 Å². The monoisotopic (exact) mass is 450 g/mol. The number of pyridine rings is 2. The van der Waals surface area contributed by atoms with Gasteiger partial charge in [-0.2, -0.15) is 0 Å². The van der Waals surface area contributed by atoms with Crippen molar-refractivity contribution in [3.05, 3.63) is 72.9 Å². The number of H-pyrrole nitrogens is 1. The summed E-state index contributed by atoms with van der Waals surface area (Å²) in [7, 11) is 2.16. The van der Waals surface area contributed by atoms with Gasteiger partial charge in [-0.25, -0.2) is 19.9 Å². The second-order valence-corrected chi connectivity index (χ2v) is 8.72. The number of aromatic nitrogens is 5. The van der Waals surface area contributed by atoms with Crippen molar-refractivity contribution in [1.82, 2.24) is 29.8 Å². The van der Waals surface area contributed by atoms with Gasteiger partial charge in [0, 0.05) is 67.7 Å². The molecule has 1 aliphatic rings. The van der Waals surface area contributed by atoms with Crippen LogP contribution in [0.5, 0.6) is 0 Å². The quantitative estimate of drug-likeness (QED) is 0.420. The summed E-state index contributed by atoms with van der Waals surface area (Å²) < 4.78 is 0. The number of anilines is 2. The number of fused-ring (bicyclic) bond motifs is 2. The van der Waals surface area contributed by atoms with Gasteiger partial charge >= 0.3 is 0 Å². The van der Waals surface area contributed by atoms with Crippen molar-refractivity contribution >= 4 is 33.6 Å². The molecule has 0 amide bonds. The van der Waals surface area contributed by atoms with Crippen molar-refractivity contribution in [2.24, 2.45) is 0 Å². The second kappa shape index (κ2) is 8.72. The topological polar surface area (TPSA) is 85.9 Å². The molecule has 1 saturated heterocycles. The number of aromatic amines is 1. The lowest BCUT2D eigenvalue weighted by atomic mass is 10.0. The van der Waals surface area contributed by atoms with E-state index in [1.807, 2.05) is 24.5 Å². The lowest BCUT2D eigenvalue weighted by Gasteiger charge is -2.33. The van der Waals surface area contributed by atoms with Crippen LogP contribution in [0.3, 0.4) is 0 Å². The minimum atomic E-state index is 0.663. The fraction of sp³-hybridized carbons (Fsp3) is 0.231. The molecule has 0 saturated carbocycles. The fourth-order valence-electron chi connectivity index (χ4n) is 4.52. The van der Waals surface area contributed by atoms with Crippen LogP contribution < -0.4 is 10.2 Å². The second-order valence-electron chi connectivity index (χ2n) is 8.72. The highest BCUT2D eigenvalue weighted by atomic mass is 15.3. The molecule has 8 nitrogen and oxygen atoms in total. The molecule has 4 aromatic heterocycles. The predicted octanol–water partition coefficient (Wildman–Crippen LogP) is 3.93. The van der Waals surface area contributed by atoms with Crippen LogP contribution in [-0.4, -0.2) is 63.0 Å². The molecule has 0 spiro atoms. The average molecular weight is 451 g/mol. The maximum atomic E-state index is 4.60. The van der Waals surface area contributed by atoms with Gasteiger partial charge in [0.1, 0.15) is 23.6 Å². The molecule has 1 aliphatic heterocycles. The highest BCUT2D eigenvalue weighted by Gasteiger charge is 2.15. The van der Waals surface area contributed by atoms with Crippen LogP contribution in [0.1, 0.15) is 5.56 Å². The molecule has 5 aromatic rings. The normalized spacial score (nSPS) is 14.7. The van der Waals surface area contributed by atoms with Gasteiger partial charge in [-0.1, -0.05) is 6.07 Å². The summed E-state index contributed by atoms with van der Waals surface area (Å²) in [5.41, 5.74) is 5.19. The Morgan fingerprint density at radius 3 is 2.74 bits per heavy atom. The summed E-state index contributed by atoms with van der Waals surface area (Å²) in [6.07, 6.45) is 7.31. The van der Waals surface area contributed by atoms with E-state index in [0.29, 0.717) is 6.54 Å². The molecule has 0 radical (unpaired) electrons. The van der Waals surface area contributed by atoms with E-state index < -0.39 is 0 Å². The van der Waals surface area contributed by atoms with Crippen LogP contribution in [0, 0.1) is 0 Å². The first-order valence-electron chi connectivity index (χ1n) is 11.5. The van der Waals surface area contributed by atoms with E-state index >= 15 is 0 Å². The molecule has 1 aromatic carbocycles. The maximum Gasteiger partial charge on any atom is 0.137 e. The summed E-state index contributed by atoms with van der Waals surface area (Å²) in [5.74, 6) is 1.86. The van der Waals surface area contributed by atoms with Gasteiger partial charge in [-0.15, -0.1) is 0 Å². The number of nitrogens with zero attached hydrogens (tertiary/aromatic N) is 6. The van der Waals surface area contributed by atoms with Crippen LogP contribution in [-0.2, 0) is 6.54 Å². The zero-order chi connectivity index (χ0) is 22.9. The lowest BCUT2D eigenvalue weighted by molar-refractivity contribution is 0.312. The Labute approximate surface area is 197 Å². The number of piperazine rings is 1. The van der Waals surface area contributed by atoms with Gasteiger partial charge in [0.25, 0.3) is 0 Å². The number of hydrogen-bond donors (Lipinski definition) is 2. The van der Waals surface area contributed by atoms with E-state index in [9.17, 15) is 0 Å². The van der Waals surface area contributed by atoms with E-state index in [0.717, 1.165) is 70.9 Å². The Kier molecular flexibility index (Phi) is 5.27. The lowest BCUT2D eigenvalue weighted by Crippen LogP contribution is -2.44. The molecule has 170 valence electrons. The average Bonchev–Trinajstić information content (AvgIpc) is 3.32. The Bertz CT molecular complexity index is 1450. The van der Waals surface area contributed by atoms with Gasteiger partial charge in [0.15, 0.2) is 0 Å². The molecule has 0 atom stereocenters. The van der Waals surface area contributed by atoms with Crippen molar-refractivity contribution < 1.29 is 0 Å². The maximum absolute atomic E-state index is 4.60. The summed E-state index contributed by atoms with van der Waals surface area (Å²) >= 11 is 0. The largest absolute Gasteiger partial charge is 0.365 e. The van der Waals surface area contributed by atoms with Crippen molar-refractivity contribution in [3.8, 4) is 11.1 Å². The van der Waals surface area contributed by atoms with Gasteiger partial charge < -0.3 is 20.1 Å². The van der Waals surface area contributed by atoms with E-state index in [4.69, 9.17) is 0 Å². The first kappa shape index (κ1) is 20.6. The number of likely N-dealkylation sites (N-methyl/N-ethyl adjacent to an activating group) is 1.